The summed E-state index contributed by atoms with van der Waals surface area (Å²) in [6.45, 7) is 1.21. The van der Waals surface area contributed by atoms with Crippen LogP contribution in [0.4, 0.5) is 0 Å². The average Bonchev–Trinajstić information content (AvgIpc) is 3.45. The summed E-state index contributed by atoms with van der Waals surface area (Å²) in [5.41, 5.74) is 8.03. The lowest BCUT2D eigenvalue weighted by molar-refractivity contribution is -0.145. The normalized spacial score (nSPS) is 14.6. The van der Waals surface area contributed by atoms with Crippen molar-refractivity contribution in [2.75, 3.05) is 0 Å². The van der Waals surface area contributed by atoms with Crippen molar-refractivity contribution in [3.63, 3.8) is 0 Å². The molecule has 13 nitrogen and oxygen atoms in total. The summed E-state index contributed by atoms with van der Waals surface area (Å²) >= 11 is 0. The van der Waals surface area contributed by atoms with Gasteiger partial charge in [0.15, 0.2) is 6.04 Å². The summed E-state index contributed by atoms with van der Waals surface area (Å²) < 4.78 is 0. The van der Waals surface area contributed by atoms with Crippen LogP contribution in [0.1, 0.15) is 23.7 Å². The molecule has 9 N–H and O–H groups in total. The molecule has 13 heteroatoms. The zero-order chi connectivity index (χ0) is 29.9. The Kier molecular flexibility index (Phi) is 11.0. The van der Waals surface area contributed by atoms with Gasteiger partial charge in [-0.05, 0) is 36.6 Å². The third-order valence-corrected chi connectivity index (χ3v) is 6.30. The van der Waals surface area contributed by atoms with E-state index in [1.54, 1.807) is 0 Å². The van der Waals surface area contributed by atoms with Crippen LogP contribution in [-0.2, 0) is 38.4 Å². The molecule has 0 aliphatic carbocycles. The number of aromatic hydroxyl groups is 1. The minimum absolute atomic E-state index is 0.00535. The van der Waals surface area contributed by atoms with E-state index in [-0.39, 0.29) is 25.0 Å². The van der Waals surface area contributed by atoms with E-state index in [2.05, 4.69) is 25.9 Å². The number of nitrogens with zero attached hydrogens (tertiary/aromatic N) is 1. The Morgan fingerprint density at radius 3 is 2.02 bits per heavy atom. The fourth-order valence-corrected chi connectivity index (χ4v) is 4.06. The highest BCUT2D eigenvalue weighted by atomic mass is 16.4. The molecule has 5 unspecified atom stereocenters. The van der Waals surface area contributed by atoms with Gasteiger partial charge in [0.1, 0.15) is 17.8 Å². The second kappa shape index (κ2) is 14.6. The highest BCUT2D eigenvalue weighted by Crippen LogP contribution is 2.12. The monoisotopic (exact) mass is 566 g/mol. The lowest BCUT2D eigenvalue weighted by Gasteiger charge is -2.26. The number of carbonyl (C=O) groups is 4. The molecule has 0 spiro atoms. The predicted molar refractivity (Wildman–Crippen MR) is 147 cm³/mol. The number of aliphatic hydroxyl groups excluding tert-OH is 1. The number of carboxylic acid groups (broad SMARTS) is 1. The zero-order valence-electron chi connectivity index (χ0n) is 22.4. The number of amides is 3. The van der Waals surface area contributed by atoms with Crippen LogP contribution >= 0.6 is 0 Å². The number of aliphatic hydroxyl groups is 1. The van der Waals surface area contributed by atoms with Gasteiger partial charge in [-0.15, -0.1) is 0 Å². The number of nitrogens with one attached hydrogen (secondary N) is 4. The van der Waals surface area contributed by atoms with Crippen LogP contribution in [-0.4, -0.2) is 79.2 Å². The number of carboxylic acids is 1. The van der Waals surface area contributed by atoms with E-state index in [1.165, 1.54) is 43.7 Å². The van der Waals surface area contributed by atoms with Gasteiger partial charge in [0.25, 0.3) is 0 Å². The SMILES string of the molecule is CC(O)C(NC(=O)C(Cc1ccc(O)cc1)NC(=O)C(Cc1cnc[nH]1)NC(=O)C(N)Cc1ccccc1)C(=O)O. The lowest BCUT2D eigenvalue weighted by atomic mass is 10.0. The Bertz CT molecular complexity index is 1300. The standard InChI is InChI=1S/C28H34N6O7/c1-16(35)24(28(40)41)34-27(39)22(12-18-7-9-20(36)10-8-18)33-26(38)23(13-19-14-30-15-31-19)32-25(37)21(29)11-17-5-3-2-4-6-17/h2-10,14-16,21-24,35-36H,11-13,29H2,1H3,(H,30,31)(H,32,37)(H,33,38)(H,34,39)(H,40,41). The van der Waals surface area contributed by atoms with Crippen molar-refractivity contribution in [3.05, 3.63) is 83.9 Å². The topological polar surface area (TPSA) is 220 Å². The first kappa shape index (κ1) is 30.8. The van der Waals surface area contributed by atoms with Gasteiger partial charge in [0, 0.05) is 24.7 Å². The molecular weight excluding hydrogens is 532 g/mol. The van der Waals surface area contributed by atoms with Crippen LogP contribution < -0.4 is 21.7 Å². The van der Waals surface area contributed by atoms with Gasteiger partial charge in [-0.1, -0.05) is 42.5 Å². The molecular formula is C28H34N6O7. The van der Waals surface area contributed by atoms with Crippen LogP contribution in [0.5, 0.6) is 5.75 Å². The Hall–Kier alpha value is -4.75. The first-order valence-electron chi connectivity index (χ1n) is 12.9. The highest BCUT2D eigenvalue weighted by molar-refractivity contribution is 5.94. The molecule has 0 saturated heterocycles. The van der Waals surface area contributed by atoms with E-state index in [1.807, 2.05) is 30.3 Å². The number of hydrogen-bond donors (Lipinski definition) is 8. The van der Waals surface area contributed by atoms with Gasteiger partial charge in [-0.25, -0.2) is 9.78 Å². The fourth-order valence-electron chi connectivity index (χ4n) is 4.06. The number of benzene rings is 2. The Balaban J connectivity index is 1.81. The summed E-state index contributed by atoms with van der Waals surface area (Å²) in [5, 5.41) is 36.3. The lowest BCUT2D eigenvalue weighted by Crippen LogP contribution is -2.59. The number of phenolic OH excluding ortho intramolecular Hbond substituents is 1. The smallest absolute Gasteiger partial charge is 0.328 e. The first-order valence-corrected chi connectivity index (χ1v) is 12.9. The van der Waals surface area contributed by atoms with Crippen molar-refractivity contribution in [1.82, 2.24) is 25.9 Å². The summed E-state index contributed by atoms with van der Waals surface area (Å²) in [6, 6.07) is 9.94. The van der Waals surface area contributed by atoms with Crippen LogP contribution in [0, 0.1) is 0 Å². The number of aromatic amines is 1. The van der Waals surface area contributed by atoms with Crippen molar-refractivity contribution in [1.29, 1.82) is 0 Å². The van der Waals surface area contributed by atoms with E-state index in [4.69, 9.17) is 5.73 Å². The van der Waals surface area contributed by atoms with Crippen LogP contribution in [0.3, 0.4) is 0 Å². The van der Waals surface area contributed by atoms with E-state index in [0.29, 0.717) is 11.3 Å². The van der Waals surface area contributed by atoms with Gasteiger partial charge in [0.2, 0.25) is 17.7 Å². The summed E-state index contributed by atoms with van der Waals surface area (Å²) in [5.74, 6) is -3.66. The number of rotatable bonds is 14. The second-order valence-corrected chi connectivity index (χ2v) is 9.64. The number of phenols is 1. The Labute approximate surface area is 236 Å². The van der Waals surface area contributed by atoms with Gasteiger partial charge in [-0.3, -0.25) is 14.4 Å². The fraction of sp³-hybridized carbons (Fsp3) is 0.321. The number of imidazole rings is 1. The molecule has 3 amide bonds. The van der Waals surface area contributed by atoms with Gasteiger partial charge in [-0.2, -0.15) is 0 Å². The molecule has 2 aromatic carbocycles. The van der Waals surface area contributed by atoms with Gasteiger partial charge in [0.05, 0.1) is 18.5 Å². The molecule has 0 saturated carbocycles. The van der Waals surface area contributed by atoms with Crippen molar-refractivity contribution in [2.45, 2.75) is 56.5 Å². The summed E-state index contributed by atoms with van der Waals surface area (Å²) in [6.07, 6.45) is 1.62. The molecule has 1 aromatic heterocycles. The molecule has 0 bridgehead atoms. The van der Waals surface area contributed by atoms with Crippen molar-refractivity contribution in [3.8, 4) is 5.75 Å². The maximum atomic E-state index is 13.5. The van der Waals surface area contributed by atoms with Crippen LogP contribution in [0.15, 0.2) is 67.1 Å². The minimum Gasteiger partial charge on any atom is -0.508 e. The number of hydrogen-bond acceptors (Lipinski definition) is 8. The van der Waals surface area contributed by atoms with Crippen LogP contribution in [0.25, 0.3) is 0 Å². The highest BCUT2D eigenvalue weighted by Gasteiger charge is 2.32. The number of carbonyl (C=O) groups excluding carboxylic acids is 3. The minimum atomic E-state index is -1.63. The van der Waals surface area contributed by atoms with Crippen molar-refractivity contribution in [2.24, 2.45) is 5.73 Å². The van der Waals surface area contributed by atoms with Crippen molar-refractivity contribution >= 4 is 23.7 Å². The zero-order valence-corrected chi connectivity index (χ0v) is 22.4. The quantitative estimate of drug-likeness (QED) is 0.125. The maximum absolute atomic E-state index is 13.5. The van der Waals surface area contributed by atoms with Gasteiger partial charge >= 0.3 is 5.97 Å². The second-order valence-electron chi connectivity index (χ2n) is 9.64. The molecule has 0 radical (unpaired) electrons. The summed E-state index contributed by atoms with van der Waals surface area (Å²) in [7, 11) is 0. The molecule has 0 aliphatic rings. The molecule has 3 aromatic rings. The molecule has 0 aliphatic heterocycles. The summed E-state index contributed by atoms with van der Waals surface area (Å²) in [4.78, 5) is 58.0. The van der Waals surface area contributed by atoms with Crippen LogP contribution in [0.2, 0.25) is 0 Å². The van der Waals surface area contributed by atoms with E-state index >= 15 is 0 Å². The number of aliphatic carboxylic acids is 1. The largest absolute Gasteiger partial charge is 0.508 e. The molecule has 1 heterocycles. The first-order chi connectivity index (χ1) is 19.5. The Morgan fingerprint density at radius 2 is 1.44 bits per heavy atom. The number of H-pyrrole nitrogens is 1. The predicted octanol–water partition coefficient (Wildman–Crippen LogP) is -0.610. The Morgan fingerprint density at radius 1 is 0.854 bits per heavy atom. The number of nitrogens with two attached hydrogens (primary N) is 1. The van der Waals surface area contributed by atoms with E-state index in [0.717, 1.165) is 5.56 Å². The molecule has 218 valence electrons. The molecule has 41 heavy (non-hydrogen) atoms. The van der Waals surface area contributed by atoms with Crippen molar-refractivity contribution < 1.29 is 34.5 Å². The molecule has 0 fully saturated rings. The van der Waals surface area contributed by atoms with Gasteiger partial charge < -0.3 is 42.0 Å². The molecule has 3 rings (SSSR count). The third kappa shape index (κ3) is 9.44. The number of aromatic nitrogens is 2. The average molecular weight is 567 g/mol. The third-order valence-electron chi connectivity index (χ3n) is 6.30. The van der Waals surface area contributed by atoms with E-state index in [9.17, 15) is 34.5 Å². The molecule has 5 atom stereocenters. The maximum Gasteiger partial charge on any atom is 0.328 e. The van der Waals surface area contributed by atoms with E-state index < -0.39 is 54.0 Å².